The lowest BCUT2D eigenvalue weighted by Gasteiger charge is -1.99. The highest BCUT2D eigenvalue weighted by molar-refractivity contribution is 5.63. The minimum absolute atomic E-state index is 0.623. The van der Waals surface area contributed by atoms with Crippen LogP contribution in [-0.2, 0) is 6.42 Å². The smallest absolute Gasteiger partial charge is 0.143 e. The average Bonchev–Trinajstić information content (AvgIpc) is 3.09. The average molecular weight is 214 g/mol. The number of rotatable bonds is 3. The third kappa shape index (κ3) is 1.52. The summed E-state index contributed by atoms with van der Waals surface area (Å²) >= 11 is 0. The Morgan fingerprint density at radius 2 is 2.06 bits per heavy atom. The van der Waals surface area contributed by atoms with Crippen LogP contribution in [0.25, 0.3) is 11.3 Å². The van der Waals surface area contributed by atoms with Gasteiger partial charge in [0.1, 0.15) is 11.5 Å². The normalized spacial score (nSPS) is 15.3. The molecular weight excluding hydrogens is 200 g/mol. The lowest BCUT2D eigenvalue weighted by atomic mass is 10.0. The van der Waals surface area contributed by atoms with Gasteiger partial charge in [0, 0.05) is 29.4 Å². The van der Waals surface area contributed by atoms with Gasteiger partial charge < -0.3 is 4.52 Å². The Bertz CT molecular complexity index is 486. The molecule has 3 rings (SSSR count). The number of hydrogen-bond donors (Lipinski definition) is 0. The van der Waals surface area contributed by atoms with Crippen molar-refractivity contribution in [2.24, 2.45) is 0 Å². The molecule has 0 radical (unpaired) electrons. The molecule has 0 amide bonds. The molecule has 16 heavy (non-hydrogen) atoms. The maximum absolute atomic E-state index is 5.49. The van der Waals surface area contributed by atoms with E-state index in [1.165, 1.54) is 18.4 Å². The molecule has 0 unspecified atom stereocenters. The number of aromatic nitrogens is 2. The Balaban J connectivity index is 2.07. The molecule has 0 bridgehead atoms. The summed E-state index contributed by atoms with van der Waals surface area (Å²) in [5, 5.41) is 4.22. The van der Waals surface area contributed by atoms with Crippen LogP contribution in [0.15, 0.2) is 29.0 Å². The predicted octanol–water partition coefficient (Wildman–Crippen LogP) is 3.18. The lowest BCUT2D eigenvalue weighted by Crippen LogP contribution is -1.88. The highest BCUT2D eigenvalue weighted by Gasteiger charge is 2.31. The van der Waals surface area contributed by atoms with Crippen LogP contribution in [0, 0.1) is 0 Å². The second-order valence-corrected chi connectivity index (χ2v) is 4.24. The van der Waals surface area contributed by atoms with E-state index in [9.17, 15) is 0 Å². The Morgan fingerprint density at radius 3 is 2.69 bits per heavy atom. The summed E-state index contributed by atoms with van der Waals surface area (Å²) in [7, 11) is 0. The van der Waals surface area contributed by atoms with E-state index in [0.717, 1.165) is 23.4 Å². The van der Waals surface area contributed by atoms with Crippen LogP contribution < -0.4 is 0 Å². The highest BCUT2D eigenvalue weighted by Crippen LogP contribution is 2.43. The summed E-state index contributed by atoms with van der Waals surface area (Å²) in [6.45, 7) is 2.16. The molecule has 3 heteroatoms. The van der Waals surface area contributed by atoms with Crippen LogP contribution in [0.2, 0.25) is 0 Å². The summed E-state index contributed by atoms with van der Waals surface area (Å²) < 4.78 is 5.49. The lowest BCUT2D eigenvalue weighted by molar-refractivity contribution is 0.385. The Morgan fingerprint density at radius 1 is 1.31 bits per heavy atom. The summed E-state index contributed by atoms with van der Waals surface area (Å²) in [4.78, 5) is 4.02. The van der Waals surface area contributed by atoms with Gasteiger partial charge in [0.2, 0.25) is 0 Å². The molecule has 2 heterocycles. The molecule has 1 saturated carbocycles. The van der Waals surface area contributed by atoms with E-state index in [-0.39, 0.29) is 0 Å². The predicted molar refractivity (Wildman–Crippen MR) is 61.1 cm³/mol. The molecule has 0 aliphatic heterocycles. The zero-order valence-corrected chi connectivity index (χ0v) is 9.31. The maximum atomic E-state index is 5.49. The number of nitrogens with zero attached hydrogens (tertiary/aromatic N) is 2. The van der Waals surface area contributed by atoms with E-state index >= 15 is 0 Å². The summed E-state index contributed by atoms with van der Waals surface area (Å²) in [6, 6.07) is 3.96. The van der Waals surface area contributed by atoms with Gasteiger partial charge >= 0.3 is 0 Å². The summed E-state index contributed by atoms with van der Waals surface area (Å²) in [5.74, 6) is 1.73. The number of hydrogen-bond acceptors (Lipinski definition) is 3. The molecule has 1 fully saturated rings. The van der Waals surface area contributed by atoms with Gasteiger partial charge in [0.25, 0.3) is 0 Å². The second kappa shape index (κ2) is 3.74. The Hall–Kier alpha value is -1.64. The van der Waals surface area contributed by atoms with Crippen LogP contribution in [-0.4, -0.2) is 10.1 Å². The fourth-order valence-corrected chi connectivity index (χ4v) is 2.07. The molecule has 0 spiro atoms. The molecule has 1 aliphatic carbocycles. The quantitative estimate of drug-likeness (QED) is 0.787. The highest BCUT2D eigenvalue weighted by atomic mass is 16.5. The van der Waals surface area contributed by atoms with E-state index in [2.05, 4.69) is 17.1 Å². The first-order valence-electron chi connectivity index (χ1n) is 5.79. The minimum Gasteiger partial charge on any atom is -0.360 e. The third-order valence-electron chi connectivity index (χ3n) is 3.07. The van der Waals surface area contributed by atoms with Gasteiger partial charge in [0.05, 0.1) is 0 Å². The standard InChI is InChI=1S/C13H14N2O/c1-2-11-12(9-5-7-14-8-6-9)15-16-13(11)10-3-4-10/h5-8,10H,2-4H2,1H3. The first-order valence-corrected chi connectivity index (χ1v) is 5.79. The van der Waals surface area contributed by atoms with Crippen molar-refractivity contribution in [2.75, 3.05) is 0 Å². The van der Waals surface area contributed by atoms with Crippen molar-refractivity contribution in [1.29, 1.82) is 0 Å². The molecule has 3 nitrogen and oxygen atoms in total. The summed E-state index contributed by atoms with van der Waals surface area (Å²) in [5.41, 5.74) is 3.36. The maximum Gasteiger partial charge on any atom is 0.143 e. The first-order chi connectivity index (χ1) is 7.90. The molecule has 0 N–H and O–H groups in total. The van der Waals surface area contributed by atoms with E-state index in [1.54, 1.807) is 12.4 Å². The van der Waals surface area contributed by atoms with Gasteiger partial charge in [-0.05, 0) is 31.4 Å². The Kier molecular flexibility index (Phi) is 2.24. The third-order valence-corrected chi connectivity index (χ3v) is 3.07. The van der Waals surface area contributed by atoms with Gasteiger partial charge in [-0.25, -0.2) is 0 Å². The van der Waals surface area contributed by atoms with Gasteiger partial charge in [-0.1, -0.05) is 12.1 Å². The van der Waals surface area contributed by atoms with Crippen molar-refractivity contribution < 1.29 is 4.52 Å². The summed E-state index contributed by atoms with van der Waals surface area (Å²) in [6.07, 6.45) is 7.06. The van der Waals surface area contributed by atoms with Crippen LogP contribution in [0.5, 0.6) is 0 Å². The zero-order chi connectivity index (χ0) is 11.0. The van der Waals surface area contributed by atoms with Crippen molar-refractivity contribution in [3.8, 4) is 11.3 Å². The molecule has 82 valence electrons. The van der Waals surface area contributed by atoms with E-state index in [4.69, 9.17) is 4.52 Å². The van der Waals surface area contributed by atoms with Gasteiger partial charge in [-0.15, -0.1) is 0 Å². The van der Waals surface area contributed by atoms with Gasteiger partial charge in [0.15, 0.2) is 0 Å². The monoisotopic (exact) mass is 214 g/mol. The van der Waals surface area contributed by atoms with Crippen molar-refractivity contribution in [3.05, 3.63) is 35.9 Å². The Labute approximate surface area is 94.5 Å². The molecule has 0 saturated heterocycles. The van der Waals surface area contributed by atoms with E-state index in [0.29, 0.717) is 5.92 Å². The molecule has 1 aliphatic rings. The topological polar surface area (TPSA) is 38.9 Å². The van der Waals surface area contributed by atoms with Gasteiger partial charge in [-0.3, -0.25) is 4.98 Å². The zero-order valence-electron chi connectivity index (χ0n) is 9.31. The minimum atomic E-state index is 0.623. The van der Waals surface area contributed by atoms with Crippen molar-refractivity contribution in [1.82, 2.24) is 10.1 Å². The fraction of sp³-hybridized carbons (Fsp3) is 0.385. The van der Waals surface area contributed by atoms with Crippen LogP contribution in [0.4, 0.5) is 0 Å². The van der Waals surface area contributed by atoms with E-state index in [1.807, 2.05) is 12.1 Å². The molecule has 0 aromatic carbocycles. The molecule has 2 aromatic rings. The molecule has 0 atom stereocenters. The van der Waals surface area contributed by atoms with E-state index < -0.39 is 0 Å². The fourth-order valence-electron chi connectivity index (χ4n) is 2.07. The van der Waals surface area contributed by atoms with Crippen LogP contribution in [0.1, 0.15) is 37.0 Å². The van der Waals surface area contributed by atoms with Crippen molar-refractivity contribution in [2.45, 2.75) is 32.1 Å². The van der Waals surface area contributed by atoms with Crippen LogP contribution >= 0.6 is 0 Å². The second-order valence-electron chi connectivity index (χ2n) is 4.24. The SMILES string of the molecule is CCc1c(-c2ccncc2)noc1C1CC1. The first kappa shape index (κ1) is 9.58. The molecular formula is C13H14N2O. The van der Waals surface area contributed by atoms with Crippen molar-refractivity contribution >= 4 is 0 Å². The molecule has 2 aromatic heterocycles. The van der Waals surface area contributed by atoms with Crippen LogP contribution in [0.3, 0.4) is 0 Å². The van der Waals surface area contributed by atoms with Gasteiger partial charge in [-0.2, -0.15) is 0 Å². The number of pyridine rings is 1. The van der Waals surface area contributed by atoms with Crippen molar-refractivity contribution in [3.63, 3.8) is 0 Å². The largest absolute Gasteiger partial charge is 0.360 e.